The molecule has 45 heavy (non-hydrogen) atoms. The fourth-order valence-electron chi connectivity index (χ4n) is 6.81. The van der Waals surface area contributed by atoms with Gasteiger partial charge in [-0.3, -0.25) is 4.90 Å². The van der Waals surface area contributed by atoms with E-state index in [2.05, 4.69) is 9.80 Å². The number of imidazole rings is 1. The number of hydrogen-bond donors (Lipinski definition) is 0. The number of aliphatic imine (C=N–C) groups is 1. The minimum absolute atomic E-state index is 0.162. The second-order valence-electron chi connectivity index (χ2n) is 12.6. The van der Waals surface area contributed by atoms with Gasteiger partial charge in [-0.25, -0.2) is 22.9 Å². The molecular formula is C31H40F3N7O3S. The molecule has 244 valence electrons. The van der Waals surface area contributed by atoms with E-state index in [9.17, 15) is 21.6 Å². The summed E-state index contributed by atoms with van der Waals surface area (Å²) >= 11 is 0. The summed E-state index contributed by atoms with van der Waals surface area (Å²) in [7, 11) is 0.513. The first-order valence-corrected chi connectivity index (χ1v) is 17.1. The van der Waals surface area contributed by atoms with Gasteiger partial charge in [0.05, 0.1) is 47.0 Å². The first kappa shape index (κ1) is 31.7. The molecule has 0 amide bonds. The van der Waals surface area contributed by atoms with Crippen LogP contribution < -0.4 is 4.90 Å². The summed E-state index contributed by atoms with van der Waals surface area (Å²) in [6, 6.07) is 6.14. The van der Waals surface area contributed by atoms with Crippen molar-refractivity contribution in [3.05, 3.63) is 52.3 Å². The molecule has 10 nitrogen and oxygen atoms in total. The molecule has 0 bridgehead atoms. The third-order valence-corrected chi connectivity index (χ3v) is 12.0. The fourth-order valence-corrected chi connectivity index (χ4v) is 9.06. The second kappa shape index (κ2) is 12.2. The Kier molecular flexibility index (Phi) is 8.59. The van der Waals surface area contributed by atoms with Gasteiger partial charge in [0.15, 0.2) is 21.3 Å². The Morgan fingerprint density at radius 2 is 1.91 bits per heavy atom. The second-order valence-corrected chi connectivity index (χ2v) is 15.1. The number of morpholine rings is 1. The molecule has 1 spiro atoms. The molecule has 3 saturated heterocycles. The van der Waals surface area contributed by atoms with Crippen molar-refractivity contribution in [3.63, 3.8) is 0 Å². The van der Waals surface area contributed by atoms with E-state index >= 15 is 0 Å². The lowest BCUT2D eigenvalue weighted by Crippen LogP contribution is -2.45. The van der Waals surface area contributed by atoms with E-state index in [0.29, 0.717) is 99.3 Å². The highest BCUT2D eigenvalue weighted by Crippen LogP contribution is 2.40. The summed E-state index contributed by atoms with van der Waals surface area (Å²) in [5, 5.41) is 4.99. The lowest BCUT2D eigenvalue weighted by Gasteiger charge is -2.33. The van der Waals surface area contributed by atoms with Gasteiger partial charge in [-0.1, -0.05) is 18.6 Å². The predicted molar refractivity (Wildman–Crippen MR) is 167 cm³/mol. The summed E-state index contributed by atoms with van der Waals surface area (Å²) < 4.78 is 74.6. The Morgan fingerprint density at radius 3 is 2.62 bits per heavy atom. The number of anilines is 1. The van der Waals surface area contributed by atoms with Crippen LogP contribution in [0.3, 0.4) is 0 Å². The number of nitrogens with zero attached hydrogens (tertiary/aromatic N) is 7. The molecule has 3 aliphatic rings. The first-order valence-electron chi connectivity index (χ1n) is 15.4. The van der Waals surface area contributed by atoms with E-state index < -0.39 is 26.3 Å². The molecule has 1 unspecified atom stereocenters. The Bertz CT molecular complexity index is 1700. The van der Waals surface area contributed by atoms with Crippen molar-refractivity contribution >= 4 is 33.3 Å². The van der Waals surface area contributed by atoms with Crippen molar-refractivity contribution in [2.45, 2.75) is 56.5 Å². The highest BCUT2D eigenvalue weighted by atomic mass is 32.2. The lowest BCUT2D eigenvalue weighted by atomic mass is 9.98. The molecule has 1 atom stereocenters. The maximum Gasteiger partial charge on any atom is 0.416 e. The van der Waals surface area contributed by atoms with Crippen LogP contribution in [0.5, 0.6) is 0 Å². The molecule has 2 aromatic heterocycles. The Morgan fingerprint density at radius 1 is 1.13 bits per heavy atom. The van der Waals surface area contributed by atoms with Crippen molar-refractivity contribution in [2.24, 2.45) is 4.99 Å². The number of benzene rings is 1. The number of sulfone groups is 1. The van der Waals surface area contributed by atoms with Gasteiger partial charge >= 0.3 is 6.18 Å². The zero-order valence-corrected chi connectivity index (χ0v) is 26.8. The van der Waals surface area contributed by atoms with Crippen molar-refractivity contribution in [1.82, 2.24) is 24.4 Å². The van der Waals surface area contributed by atoms with Crippen LogP contribution in [-0.4, -0.2) is 103 Å². The molecule has 0 N–H and O–H groups in total. The van der Waals surface area contributed by atoms with E-state index in [1.54, 1.807) is 16.9 Å². The molecule has 0 saturated carbocycles. The summed E-state index contributed by atoms with van der Waals surface area (Å²) in [4.78, 5) is 15.8. The summed E-state index contributed by atoms with van der Waals surface area (Å²) in [5.41, 5.74) is 2.42. The van der Waals surface area contributed by atoms with E-state index in [4.69, 9.17) is 19.8 Å². The average Bonchev–Trinajstić information content (AvgIpc) is 3.56. The largest absolute Gasteiger partial charge is 0.416 e. The van der Waals surface area contributed by atoms with E-state index in [-0.39, 0.29) is 17.7 Å². The van der Waals surface area contributed by atoms with Crippen LogP contribution >= 0.6 is 0 Å². The third-order valence-electron chi connectivity index (χ3n) is 9.32. The van der Waals surface area contributed by atoms with Crippen LogP contribution in [0.1, 0.15) is 53.8 Å². The minimum Gasteiger partial charge on any atom is -0.378 e. The molecule has 3 aliphatic heterocycles. The molecule has 6 rings (SSSR count). The van der Waals surface area contributed by atoms with Gasteiger partial charge in [-0.05, 0) is 43.4 Å². The zero-order chi connectivity index (χ0) is 32.0. The minimum atomic E-state index is -4.48. The molecule has 3 aromatic rings. The lowest BCUT2D eigenvalue weighted by molar-refractivity contribution is -0.138. The number of fused-ring (bicyclic) bond motifs is 1. The van der Waals surface area contributed by atoms with E-state index in [1.807, 2.05) is 25.1 Å². The fraction of sp³-hybridized carbons (Fsp3) is 0.581. The van der Waals surface area contributed by atoms with Crippen LogP contribution in [0.4, 0.5) is 24.7 Å². The van der Waals surface area contributed by atoms with Gasteiger partial charge < -0.3 is 14.5 Å². The monoisotopic (exact) mass is 647 g/mol. The predicted octanol–water partition coefficient (Wildman–Crippen LogP) is 4.25. The smallest absolute Gasteiger partial charge is 0.378 e. The number of hydrogen-bond acceptors (Lipinski definition) is 8. The standard InChI is InChI=1S/C31H40F3N7O3S/c1-22-23(7-6-8-24(22)31(32,33)34)17-27-26(19-39-11-10-30(20-39)9-4-5-16-45(30,42)43)36-29-25(35-21-38(2)3)18-28(37-41(27)29)40-12-14-44-15-13-40/h6-8,18,21H,4-5,9-17,19-20H2,1-3H3. The number of likely N-dealkylation sites (tertiary alicyclic amines) is 1. The molecule has 5 heterocycles. The highest BCUT2D eigenvalue weighted by Gasteiger charge is 2.49. The summed E-state index contributed by atoms with van der Waals surface area (Å²) in [5.74, 6) is 0.896. The molecule has 0 aliphatic carbocycles. The average molecular weight is 648 g/mol. The summed E-state index contributed by atoms with van der Waals surface area (Å²) in [6.07, 6.45) is 0.187. The van der Waals surface area contributed by atoms with Gasteiger partial charge in [0.25, 0.3) is 0 Å². The van der Waals surface area contributed by atoms with Crippen LogP contribution in [0.15, 0.2) is 29.3 Å². The van der Waals surface area contributed by atoms with Crippen molar-refractivity contribution in [3.8, 4) is 0 Å². The van der Waals surface area contributed by atoms with E-state index in [1.165, 1.54) is 13.0 Å². The molecule has 14 heteroatoms. The van der Waals surface area contributed by atoms with Crippen LogP contribution in [-0.2, 0) is 33.7 Å². The SMILES string of the molecule is Cc1c(Cc2c(CN3CCC4(CCCCS4(=O)=O)C3)nc3c(N=CN(C)C)cc(N4CCOCC4)nn23)cccc1C(F)(F)F. The van der Waals surface area contributed by atoms with Crippen molar-refractivity contribution in [2.75, 3.05) is 64.1 Å². The van der Waals surface area contributed by atoms with Crippen LogP contribution in [0.25, 0.3) is 5.65 Å². The third kappa shape index (κ3) is 6.28. The zero-order valence-electron chi connectivity index (χ0n) is 26.0. The van der Waals surface area contributed by atoms with Crippen LogP contribution in [0, 0.1) is 6.92 Å². The summed E-state index contributed by atoms with van der Waals surface area (Å²) in [6.45, 7) is 5.28. The Balaban J connectivity index is 1.47. The maximum atomic E-state index is 13.9. The van der Waals surface area contributed by atoms with Gasteiger partial charge in [0.2, 0.25) is 0 Å². The van der Waals surface area contributed by atoms with Gasteiger partial charge in [-0.15, -0.1) is 5.10 Å². The number of alkyl halides is 3. The van der Waals surface area contributed by atoms with Gasteiger partial charge in [0, 0.05) is 59.3 Å². The highest BCUT2D eigenvalue weighted by molar-refractivity contribution is 7.92. The quantitative estimate of drug-likeness (QED) is 0.278. The maximum absolute atomic E-state index is 13.9. The van der Waals surface area contributed by atoms with Gasteiger partial charge in [0.1, 0.15) is 5.69 Å². The number of aromatic nitrogens is 3. The van der Waals surface area contributed by atoms with E-state index in [0.717, 1.165) is 12.5 Å². The molecule has 0 radical (unpaired) electrons. The molecular weight excluding hydrogens is 607 g/mol. The number of ether oxygens (including phenoxy) is 1. The molecule has 1 aromatic carbocycles. The van der Waals surface area contributed by atoms with Gasteiger partial charge in [-0.2, -0.15) is 13.2 Å². The Labute approximate surface area is 261 Å². The molecule has 3 fully saturated rings. The Hall–Kier alpha value is -3.23. The first-order chi connectivity index (χ1) is 21.4. The topological polar surface area (TPSA) is 95.6 Å². The van der Waals surface area contributed by atoms with Crippen molar-refractivity contribution in [1.29, 1.82) is 0 Å². The number of halogens is 3. The normalized spacial score (nSPS) is 22.7. The van der Waals surface area contributed by atoms with Crippen molar-refractivity contribution < 1.29 is 26.3 Å². The number of rotatable bonds is 7. The van der Waals surface area contributed by atoms with Crippen LogP contribution in [0.2, 0.25) is 0 Å².